The van der Waals surface area contributed by atoms with Crippen molar-refractivity contribution in [1.82, 2.24) is 0 Å². The van der Waals surface area contributed by atoms with Gasteiger partial charge in [-0.3, -0.25) is 0 Å². The van der Waals surface area contributed by atoms with E-state index in [9.17, 15) is 0 Å². The molecule has 0 spiro atoms. The molecule has 0 radical (unpaired) electrons. The lowest BCUT2D eigenvalue weighted by molar-refractivity contribution is 0.0292. The molecule has 0 aromatic rings. The second kappa shape index (κ2) is 3.79. The van der Waals surface area contributed by atoms with Crippen molar-refractivity contribution in [2.45, 2.75) is 74.1 Å². The third kappa shape index (κ3) is 4.17. The largest absolute Gasteiger partial charge is 0.0625 e. The van der Waals surface area contributed by atoms with Crippen molar-refractivity contribution in [3.63, 3.8) is 0 Å². The average molecular weight is 210 g/mol. The lowest BCUT2D eigenvalue weighted by atomic mass is 9.57. The maximum atomic E-state index is 2.51. The van der Waals surface area contributed by atoms with Crippen LogP contribution in [0.3, 0.4) is 0 Å². The summed E-state index contributed by atoms with van der Waals surface area (Å²) >= 11 is 0. The van der Waals surface area contributed by atoms with Crippen LogP contribution < -0.4 is 0 Å². The molecule has 1 aliphatic carbocycles. The van der Waals surface area contributed by atoms with Crippen LogP contribution in [0.15, 0.2) is 0 Å². The summed E-state index contributed by atoms with van der Waals surface area (Å²) in [7, 11) is 0. The number of hydrogen-bond acceptors (Lipinski definition) is 0. The minimum Gasteiger partial charge on any atom is -0.0625 e. The van der Waals surface area contributed by atoms with Gasteiger partial charge in [0.2, 0.25) is 0 Å². The first-order chi connectivity index (χ1) is 6.52. The van der Waals surface area contributed by atoms with Crippen molar-refractivity contribution in [2.75, 3.05) is 0 Å². The fourth-order valence-corrected chi connectivity index (χ4v) is 4.57. The van der Waals surface area contributed by atoms with E-state index in [4.69, 9.17) is 0 Å². The molecular weight excluding hydrogens is 180 g/mol. The Morgan fingerprint density at radius 2 is 1.60 bits per heavy atom. The van der Waals surface area contributed by atoms with E-state index < -0.39 is 0 Å². The molecule has 2 atom stereocenters. The van der Waals surface area contributed by atoms with Gasteiger partial charge in [0.25, 0.3) is 0 Å². The molecule has 0 nitrogen and oxygen atoms in total. The van der Waals surface area contributed by atoms with Gasteiger partial charge in [0.05, 0.1) is 0 Å². The molecule has 1 fully saturated rings. The molecule has 1 saturated carbocycles. The van der Waals surface area contributed by atoms with Gasteiger partial charge < -0.3 is 0 Å². The lowest BCUT2D eigenvalue weighted by Gasteiger charge is -2.48. The Morgan fingerprint density at radius 1 is 1.07 bits per heavy atom. The van der Waals surface area contributed by atoms with Crippen LogP contribution in [0.4, 0.5) is 0 Å². The van der Waals surface area contributed by atoms with Crippen molar-refractivity contribution in [2.24, 2.45) is 22.2 Å². The van der Waals surface area contributed by atoms with Crippen LogP contribution in [0.5, 0.6) is 0 Å². The van der Waals surface area contributed by atoms with Crippen LogP contribution >= 0.6 is 0 Å². The molecule has 1 rings (SSSR count). The van der Waals surface area contributed by atoms with E-state index in [-0.39, 0.29) is 0 Å². The van der Waals surface area contributed by atoms with Crippen LogP contribution in [0, 0.1) is 22.2 Å². The lowest BCUT2D eigenvalue weighted by Crippen LogP contribution is -2.37. The van der Waals surface area contributed by atoms with Gasteiger partial charge in [-0.1, -0.05) is 48.5 Å². The summed E-state index contributed by atoms with van der Waals surface area (Å²) in [4.78, 5) is 0. The van der Waals surface area contributed by atoms with Crippen LogP contribution in [-0.2, 0) is 0 Å². The molecule has 2 unspecified atom stereocenters. The average Bonchev–Trinajstić information content (AvgIpc) is 1.70. The van der Waals surface area contributed by atoms with Gasteiger partial charge in [-0.05, 0) is 47.8 Å². The quantitative estimate of drug-likeness (QED) is 0.552. The molecule has 0 aromatic carbocycles. The molecule has 0 aromatic heterocycles. The Bertz CT molecular complexity index is 215. The van der Waals surface area contributed by atoms with E-state index in [1.54, 1.807) is 0 Å². The van der Waals surface area contributed by atoms with E-state index in [0.29, 0.717) is 16.2 Å². The highest BCUT2D eigenvalue weighted by Gasteiger charge is 2.41. The second-order valence-electron chi connectivity index (χ2n) is 8.40. The predicted octanol–water partition coefficient (Wildman–Crippen LogP) is 5.28. The van der Waals surface area contributed by atoms with Crippen LogP contribution in [0.25, 0.3) is 0 Å². The zero-order valence-electron chi connectivity index (χ0n) is 11.9. The van der Waals surface area contributed by atoms with Gasteiger partial charge in [-0.2, -0.15) is 0 Å². The molecule has 0 heteroatoms. The summed E-state index contributed by atoms with van der Waals surface area (Å²) in [5.41, 5.74) is 1.60. The Morgan fingerprint density at radius 3 is 2.00 bits per heavy atom. The Balaban J connectivity index is 2.75. The van der Waals surface area contributed by atoms with Crippen molar-refractivity contribution in [3.8, 4) is 0 Å². The summed E-state index contributed by atoms with van der Waals surface area (Å²) in [6.45, 7) is 17.0. The molecule has 0 heterocycles. The van der Waals surface area contributed by atoms with Crippen molar-refractivity contribution in [3.05, 3.63) is 0 Å². The van der Waals surface area contributed by atoms with Crippen molar-refractivity contribution in [1.29, 1.82) is 0 Å². The summed E-state index contributed by atoms with van der Waals surface area (Å²) in [5, 5.41) is 0. The minimum absolute atomic E-state index is 0.474. The summed E-state index contributed by atoms with van der Waals surface area (Å²) in [6.07, 6.45) is 5.61. The first-order valence-corrected chi connectivity index (χ1v) is 6.52. The van der Waals surface area contributed by atoms with E-state index in [0.717, 1.165) is 5.92 Å². The first-order valence-electron chi connectivity index (χ1n) is 6.52. The fourth-order valence-electron chi connectivity index (χ4n) is 4.57. The smallest absolute Gasteiger partial charge is 0.0313 e. The number of rotatable bonds is 1. The zero-order chi connectivity index (χ0) is 11.9. The second-order valence-corrected chi connectivity index (χ2v) is 8.40. The van der Waals surface area contributed by atoms with E-state index in [1.807, 2.05) is 0 Å². The van der Waals surface area contributed by atoms with E-state index in [2.05, 4.69) is 48.5 Å². The summed E-state index contributed by atoms with van der Waals surface area (Å²) in [5.74, 6) is 0.904. The molecular formula is C15H30. The molecule has 0 bridgehead atoms. The maximum Gasteiger partial charge on any atom is -0.0313 e. The predicted molar refractivity (Wildman–Crippen MR) is 69.0 cm³/mol. The molecule has 15 heavy (non-hydrogen) atoms. The standard InChI is InChI=1S/C15H30/c1-12-8-14(5,6)11-15(7,9-12)10-13(2,3)4/h12H,8-11H2,1-7H3. The molecule has 90 valence electrons. The first kappa shape index (κ1) is 13.1. The van der Waals surface area contributed by atoms with Crippen LogP contribution in [0.2, 0.25) is 0 Å². The Labute approximate surface area is 96.8 Å². The van der Waals surface area contributed by atoms with Crippen LogP contribution in [-0.4, -0.2) is 0 Å². The minimum atomic E-state index is 0.474. The Kier molecular flexibility index (Phi) is 3.30. The highest BCUT2D eigenvalue weighted by atomic mass is 14.5. The van der Waals surface area contributed by atoms with Crippen LogP contribution in [0.1, 0.15) is 74.1 Å². The zero-order valence-corrected chi connectivity index (χ0v) is 11.9. The fraction of sp³-hybridized carbons (Fsp3) is 1.00. The van der Waals surface area contributed by atoms with Crippen molar-refractivity contribution >= 4 is 0 Å². The monoisotopic (exact) mass is 210 g/mol. The summed E-state index contributed by atoms with van der Waals surface area (Å²) < 4.78 is 0. The summed E-state index contributed by atoms with van der Waals surface area (Å²) in [6, 6.07) is 0. The van der Waals surface area contributed by atoms with Gasteiger partial charge in [0.1, 0.15) is 0 Å². The molecule has 0 saturated heterocycles. The maximum absolute atomic E-state index is 2.51. The van der Waals surface area contributed by atoms with Gasteiger partial charge in [0, 0.05) is 0 Å². The topological polar surface area (TPSA) is 0 Å². The highest BCUT2D eigenvalue weighted by molar-refractivity contribution is 4.92. The van der Waals surface area contributed by atoms with Gasteiger partial charge >= 0.3 is 0 Å². The molecule has 0 aliphatic heterocycles. The molecule has 0 N–H and O–H groups in total. The van der Waals surface area contributed by atoms with Gasteiger partial charge in [-0.25, -0.2) is 0 Å². The van der Waals surface area contributed by atoms with Crippen molar-refractivity contribution < 1.29 is 0 Å². The SMILES string of the molecule is CC1CC(C)(C)CC(C)(CC(C)(C)C)C1. The molecule has 0 amide bonds. The third-order valence-corrected chi connectivity index (χ3v) is 3.60. The van der Waals surface area contributed by atoms with E-state index in [1.165, 1.54) is 25.7 Å². The highest BCUT2D eigenvalue weighted by Crippen LogP contribution is 2.52. The molecule has 1 aliphatic rings. The van der Waals surface area contributed by atoms with Gasteiger partial charge in [0.15, 0.2) is 0 Å². The van der Waals surface area contributed by atoms with E-state index >= 15 is 0 Å². The van der Waals surface area contributed by atoms with Gasteiger partial charge in [-0.15, -0.1) is 0 Å². The Hall–Kier alpha value is 0. The number of hydrogen-bond donors (Lipinski definition) is 0. The third-order valence-electron chi connectivity index (χ3n) is 3.60. The normalized spacial score (nSPS) is 36.6.